The number of ether oxygens (including phenoxy) is 2. The summed E-state index contributed by atoms with van der Waals surface area (Å²) in [6.45, 7) is 5.48. The van der Waals surface area contributed by atoms with Crippen molar-refractivity contribution < 1.29 is 34.1 Å². The van der Waals surface area contributed by atoms with Crippen LogP contribution in [0.3, 0.4) is 0 Å². The summed E-state index contributed by atoms with van der Waals surface area (Å²) in [5, 5.41) is 20.2. The summed E-state index contributed by atoms with van der Waals surface area (Å²) in [5.74, 6) is -2.36. The molecule has 1 aliphatic rings. The van der Waals surface area contributed by atoms with E-state index >= 15 is 0 Å². The van der Waals surface area contributed by atoms with E-state index in [1.165, 1.54) is 0 Å². The van der Waals surface area contributed by atoms with Crippen LogP contribution in [0.15, 0.2) is 65.8 Å². The van der Waals surface area contributed by atoms with Crippen molar-refractivity contribution in [3.05, 3.63) is 76.9 Å². The third-order valence-electron chi connectivity index (χ3n) is 5.18. The SMILES string of the molecule is CCC(Oc1ccccc1)C(=O)O[C@H](CC=C(C)C)C1=CC(=O)c2c(O)ccc(O)c2C1=O. The molecule has 2 atom stereocenters. The summed E-state index contributed by atoms with van der Waals surface area (Å²) in [6, 6.07) is 11.1. The van der Waals surface area contributed by atoms with Gasteiger partial charge in [0.25, 0.3) is 0 Å². The number of hydrogen-bond donors (Lipinski definition) is 2. The van der Waals surface area contributed by atoms with E-state index in [-0.39, 0.29) is 23.1 Å². The van der Waals surface area contributed by atoms with Crippen molar-refractivity contribution in [2.24, 2.45) is 0 Å². The molecule has 0 bridgehead atoms. The highest BCUT2D eigenvalue weighted by Gasteiger charge is 2.36. The molecule has 33 heavy (non-hydrogen) atoms. The maximum atomic E-state index is 13.2. The quantitative estimate of drug-likeness (QED) is 0.345. The second-order valence-electron chi connectivity index (χ2n) is 7.92. The van der Waals surface area contributed by atoms with Crippen LogP contribution in [-0.2, 0) is 9.53 Å². The van der Waals surface area contributed by atoms with Crippen LogP contribution in [0.2, 0.25) is 0 Å². The minimum absolute atomic E-state index is 0.0752. The second kappa shape index (κ2) is 10.2. The first-order valence-corrected chi connectivity index (χ1v) is 10.6. The summed E-state index contributed by atoms with van der Waals surface area (Å²) in [5.41, 5.74) is 0.284. The lowest BCUT2D eigenvalue weighted by Crippen LogP contribution is -2.35. The van der Waals surface area contributed by atoms with Gasteiger partial charge in [0.05, 0.1) is 11.1 Å². The zero-order valence-corrected chi connectivity index (χ0v) is 18.7. The smallest absolute Gasteiger partial charge is 0.347 e. The molecule has 0 fully saturated rings. The highest BCUT2D eigenvalue weighted by molar-refractivity contribution is 6.27. The predicted molar refractivity (Wildman–Crippen MR) is 122 cm³/mol. The Kier molecular flexibility index (Phi) is 7.33. The topological polar surface area (TPSA) is 110 Å². The maximum Gasteiger partial charge on any atom is 0.347 e. The van der Waals surface area contributed by atoms with Gasteiger partial charge in [-0.2, -0.15) is 0 Å². The van der Waals surface area contributed by atoms with Gasteiger partial charge in [0.15, 0.2) is 17.7 Å². The van der Waals surface area contributed by atoms with E-state index in [0.717, 1.165) is 23.8 Å². The van der Waals surface area contributed by atoms with Crippen molar-refractivity contribution in [1.29, 1.82) is 0 Å². The Labute approximate surface area is 192 Å². The van der Waals surface area contributed by atoms with Gasteiger partial charge < -0.3 is 19.7 Å². The summed E-state index contributed by atoms with van der Waals surface area (Å²) in [7, 11) is 0. The Hall–Kier alpha value is -3.87. The van der Waals surface area contributed by atoms with Crippen LogP contribution in [-0.4, -0.2) is 40.0 Å². The van der Waals surface area contributed by atoms with Crippen LogP contribution in [0.1, 0.15) is 54.3 Å². The largest absolute Gasteiger partial charge is 0.507 e. The van der Waals surface area contributed by atoms with Crippen LogP contribution < -0.4 is 4.74 Å². The van der Waals surface area contributed by atoms with Crippen LogP contribution in [0.5, 0.6) is 17.2 Å². The number of para-hydroxylation sites is 1. The summed E-state index contributed by atoms with van der Waals surface area (Å²) < 4.78 is 11.4. The zero-order valence-electron chi connectivity index (χ0n) is 18.7. The molecule has 2 aromatic rings. The third kappa shape index (κ3) is 5.31. The number of phenols is 2. The first-order chi connectivity index (χ1) is 15.7. The van der Waals surface area contributed by atoms with Crippen LogP contribution >= 0.6 is 0 Å². The Balaban J connectivity index is 1.92. The molecule has 2 aromatic carbocycles. The van der Waals surface area contributed by atoms with Crippen LogP contribution in [0.4, 0.5) is 0 Å². The lowest BCUT2D eigenvalue weighted by atomic mass is 9.85. The van der Waals surface area contributed by atoms with Gasteiger partial charge in [0.2, 0.25) is 0 Å². The van der Waals surface area contributed by atoms with Gasteiger partial charge in [0, 0.05) is 12.0 Å². The number of benzene rings is 2. The molecule has 1 unspecified atom stereocenters. The van der Waals surface area contributed by atoms with Crippen molar-refractivity contribution in [3.8, 4) is 17.2 Å². The Morgan fingerprint density at radius 1 is 1.00 bits per heavy atom. The molecule has 0 spiro atoms. The van der Waals surface area contributed by atoms with E-state index in [0.29, 0.717) is 12.2 Å². The molecular weight excluding hydrogens is 424 g/mol. The van der Waals surface area contributed by atoms with Gasteiger partial charge in [-0.1, -0.05) is 36.8 Å². The first kappa shape index (κ1) is 23.8. The third-order valence-corrected chi connectivity index (χ3v) is 5.18. The van der Waals surface area contributed by atoms with E-state index in [2.05, 4.69) is 0 Å². The molecular formula is C26H26O7. The molecule has 0 aliphatic heterocycles. The highest BCUT2D eigenvalue weighted by atomic mass is 16.6. The monoisotopic (exact) mass is 450 g/mol. The van der Waals surface area contributed by atoms with Crippen molar-refractivity contribution >= 4 is 17.5 Å². The van der Waals surface area contributed by atoms with E-state index < -0.39 is 41.2 Å². The number of Topliss-reactive ketones (excluding diaryl/α,β-unsaturated/α-hetero) is 1. The minimum atomic E-state index is -1.08. The standard InChI is InChI=1S/C26H26O7/c1-4-21(32-16-8-6-5-7-9-16)26(31)33-22(13-10-15(2)3)17-14-20(29)23-18(27)11-12-19(28)24(23)25(17)30/h5-12,14,21-22,27-28H,4,13H2,1-3H3/t21?,22-/m1/s1. The number of carbonyl (C=O) groups is 3. The summed E-state index contributed by atoms with van der Waals surface area (Å²) >= 11 is 0. The van der Waals surface area contributed by atoms with Gasteiger partial charge >= 0.3 is 5.97 Å². The number of hydrogen-bond acceptors (Lipinski definition) is 7. The van der Waals surface area contributed by atoms with Crippen molar-refractivity contribution in [3.63, 3.8) is 0 Å². The molecule has 0 radical (unpaired) electrons. The van der Waals surface area contributed by atoms with Crippen LogP contribution in [0, 0.1) is 0 Å². The van der Waals surface area contributed by atoms with Crippen molar-refractivity contribution in [2.45, 2.75) is 45.8 Å². The Bertz CT molecular complexity index is 1120. The van der Waals surface area contributed by atoms with Gasteiger partial charge in [-0.05, 0) is 50.6 Å². The number of esters is 1. The summed E-state index contributed by atoms with van der Waals surface area (Å²) in [4.78, 5) is 38.8. The fourth-order valence-corrected chi connectivity index (χ4v) is 3.48. The number of allylic oxidation sites excluding steroid dienone is 2. The zero-order chi connectivity index (χ0) is 24.1. The average molecular weight is 450 g/mol. The molecule has 0 aromatic heterocycles. The summed E-state index contributed by atoms with van der Waals surface area (Å²) in [6.07, 6.45) is 1.32. The fourth-order valence-electron chi connectivity index (χ4n) is 3.48. The molecule has 0 heterocycles. The highest BCUT2D eigenvalue weighted by Crippen LogP contribution is 2.36. The van der Waals surface area contributed by atoms with E-state index in [1.807, 2.05) is 19.9 Å². The number of carbonyl (C=O) groups excluding carboxylic acids is 3. The molecule has 0 saturated carbocycles. The fraction of sp³-hybridized carbons (Fsp3) is 0.269. The second-order valence-corrected chi connectivity index (χ2v) is 7.92. The van der Waals surface area contributed by atoms with E-state index in [4.69, 9.17) is 9.47 Å². The number of fused-ring (bicyclic) bond motifs is 1. The number of aromatic hydroxyl groups is 2. The molecule has 172 valence electrons. The number of ketones is 2. The molecule has 0 amide bonds. The molecule has 2 N–H and O–H groups in total. The Morgan fingerprint density at radius 3 is 2.24 bits per heavy atom. The minimum Gasteiger partial charge on any atom is -0.507 e. The van der Waals surface area contributed by atoms with Gasteiger partial charge in [0.1, 0.15) is 23.4 Å². The molecule has 7 nitrogen and oxygen atoms in total. The van der Waals surface area contributed by atoms with E-state index in [1.54, 1.807) is 37.3 Å². The van der Waals surface area contributed by atoms with Crippen molar-refractivity contribution in [1.82, 2.24) is 0 Å². The molecule has 1 aliphatic carbocycles. The lowest BCUT2D eigenvalue weighted by Gasteiger charge is -2.25. The van der Waals surface area contributed by atoms with Gasteiger partial charge in [-0.25, -0.2) is 4.79 Å². The number of rotatable bonds is 8. The van der Waals surface area contributed by atoms with Gasteiger partial charge in [-0.3, -0.25) is 9.59 Å². The maximum absolute atomic E-state index is 13.2. The van der Waals surface area contributed by atoms with Gasteiger partial charge in [-0.15, -0.1) is 0 Å². The lowest BCUT2D eigenvalue weighted by molar-refractivity contribution is -0.155. The normalized spacial score (nSPS) is 14.6. The average Bonchev–Trinajstić information content (AvgIpc) is 2.79. The predicted octanol–water partition coefficient (Wildman–Crippen LogP) is 4.53. The first-order valence-electron chi connectivity index (χ1n) is 10.6. The Morgan fingerprint density at radius 2 is 1.64 bits per heavy atom. The molecule has 3 rings (SSSR count). The number of phenolic OH excluding ortho intramolecular Hbond substituents is 2. The van der Waals surface area contributed by atoms with E-state index in [9.17, 15) is 24.6 Å². The molecule has 0 saturated heterocycles. The van der Waals surface area contributed by atoms with Crippen molar-refractivity contribution in [2.75, 3.05) is 0 Å². The molecule has 7 heteroatoms. The van der Waals surface area contributed by atoms with Crippen LogP contribution in [0.25, 0.3) is 0 Å².